The molecule has 13 heteroatoms. The fourth-order valence-electron chi connectivity index (χ4n) is 5.46. The molecule has 4 heterocycles. The van der Waals surface area contributed by atoms with Crippen LogP contribution in [0.2, 0.25) is 0 Å². The first-order valence-corrected chi connectivity index (χ1v) is 14.6. The van der Waals surface area contributed by atoms with Crippen molar-refractivity contribution in [2.24, 2.45) is 0 Å². The van der Waals surface area contributed by atoms with E-state index < -0.39 is 24.9 Å². The van der Waals surface area contributed by atoms with Crippen LogP contribution in [0.5, 0.6) is 0 Å². The lowest BCUT2D eigenvalue weighted by Crippen LogP contribution is -2.54. The first-order valence-electron chi connectivity index (χ1n) is 14.6. The van der Waals surface area contributed by atoms with Gasteiger partial charge in [0.2, 0.25) is 11.7 Å². The van der Waals surface area contributed by atoms with Crippen molar-refractivity contribution in [2.75, 3.05) is 18.4 Å². The summed E-state index contributed by atoms with van der Waals surface area (Å²) >= 11 is 0. The Morgan fingerprint density at radius 2 is 1.84 bits per heavy atom. The molecule has 3 aromatic heterocycles. The molecule has 2 N–H and O–H groups in total. The van der Waals surface area contributed by atoms with Gasteiger partial charge in [-0.2, -0.15) is 18.2 Å². The zero-order valence-electron chi connectivity index (χ0n) is 25.8. The molecule has 1 fully saturated rings. The van der Waals surface area contributed by atoms with Crippen molar-refractivity contribution >= 4 is 22.5 Å². The predicted molar refractivity (Wildman–Crippen MR) is 160 cm³/mol. The van der Waals surface area contributed by atoms with E-state index in [4.69, 9.17) is 4.52 Å². The zero-order chi connectivity index (χ0) is 32.0. The Morgan fingerprint density at radius 3 is 2.48 bits per heavy atom. The van der Waals surface area contributed by atoms with Crippen LogP contribution in [0.15, 0.2) is 47.2 Å². The van der Waals surface area contributed by atoms with Crippen LogP contribution in [0.4, 0.5) is 23.2 Å². The number of halogens is 4. The first kappa shape index (κ1) is 31.6. The van der Waals surface area contributed by atoms with Crippen molar-refractivity contribution in [1.29, 1.82) is 0 Å². The molecule has 2 atom stereocenters. The van der Waals surface area contributed by atoms with Gasteiger partial charge in [0.05, 0.1) is 29.4 Å². The summed E-state index contributed by atoms with van der Waals surface area (Å²) in [5, 5.41) is 10.4. The molecule has 1 aliphatic heterocycles. The summed E-state index contributed by atoms with van der Waals surface area (Å²) in [5.74, 6) is -0.368. The van der Waals surface area contributed by atoms with Gasteiger partial charge in [-0.1, -0.05) is 11.2 Å². The van der Waals surface area contributed by atoms with Crippen LogP contribution < -0.4 is 10.6 Å². The number of nitrogens with one attached hydrogen (secondary N) is 2. The van der Waals surface area contributed by atoms with Crippen molar-refractivity contribution in [3.8, 4) is 11.5 Å². The highest BCUT2D eigenvalue weighted by atomic mass is 19.4. The van der Waals surface area contributed by atoms with Crippen LogP contribution >= 0.6 is 0 Å². The molecule has 1 aliphatic rings. The molecular weight excluding hydrogens is 578 g/mol. The van der Waals surface area contributed by atoms with Gasteiger partial charge in [-0.25, -0.2) is 4.39 Å². The monoisotopic (exact) mass is 617 g/mol. The quantitative estimate of drug-likeness (QED) is 0.235. The second kappa shape index (κ2) is 11.6. The topological polar surface area (TPSA) is 93.2 Å². The highest BCUT2D eigenvalue weighted by molar-refractivity contribution is 5.96. The minimum atomic E-state index is -4.53. The Morgan fingerprint density at radius 1 is 1.09 bits per heavy atom. The van der Waals surface area contributed by atoms with Gasteiger partial charge in [0.25, 0.3) is 5.91 Å². The fraction of sp³-hybridized carbons (Fsp3) is 0.516. The molecule has 0 aliphatic carbocycles. The number of alkyl halides is 4. The van der Waals surface area contributed by atoms with Gasteiger partial charge in [0, 0.05) is 47.6 Å². The van der Waals surface area contributed by atoms with Crippen molar-refractivity contribution < 1.29 is 26.9 Å². The summed E-state index contributed by atoms with van der Waals surface area (Å²) in [5.41, 5.74) is 1.01. The Balaban J connectivity index is 1.38. The standard InChI is InChI=1S/C31H39F4N7O2/c1-29(2,3)40-12-10-19(16-40)28(43)36-15-26-38-27(39-44-26)25-14-20-22(8-7-9-24(20)42(25)18-31(33,34)35)37-23-11-13-41(17-21(23)32)30(4,5)6/h7-10,12,14,16,21,23,37H,11,13,15,17-18H2,1-6H3,(H,36,43)/t21-,23+/m0/s1. The number of piperidine rings is 1. The highest BCUT2D eigenvalue weighted by Gasteiger charge is 2.35. The van der Waals surface area contributed by atoms with E-state index in [9.17, 15) is 18.0 Å². The first-order chi connectivity index (χ1) is 20.5. The maximum atomic E-state index is 15.3. The molecule has 5 rings (SSSR count). The van der Waals surface area contributed by atoms with E-state index in [1.54, 1.807) is 36.5 Å². The summed E-state index contributed by atoms with van der Waals surface area (Å²) in [7, 11) is 0. The van der Waals surface area contributed by atoms with E-state index in [2.05, 4.69) is 25.7 Å². The third-order valence-electron chi connectivity index (χ3n) is 7.94. The number of amides is 1. The van der Waals surface area contributed by atoms with Crippen molar-refractivity contribution in [2.45, 2.75) is 90.5 Å². The molecule has 4 aromatic rings. The number of likely N-dealkylation sites (tertiary alicyclic amines) is 1. The number of rotatable bonds is 7. The summed E-state index contributed by atoms with van der Waals surface area (Å²) in [4.78, 5) is 19.1. The molecule has 9 nitrogen and oxygen atoms in total. The number of carbonyl (C=O) groups is 1. The van der Waals surface area contributed by atoms with E-state index in [0.717, 1.165) is 4.57 Å². The lowest BCUT2D eigenvalue weighted by molar-refractivity contribution is -0.139. The largest absolute Gasteiger partial charge is 0.406 e. The minimum Gasteiger partial charge on any atom is -0.379 e. The van der Waals surface area contributed by atoms with Gasteiger partial charge in [-0.3, -0.25) is 9.69 Å². The number of nitrogens with zero attached hydrogens (tertiary/aromatic N) is 5. The lowest BCUT2D eigenvalue weighted by atomic mass is 9.96. The van der Waals surface area contributed by atoms with Crippen LogP contribution in [0.1, 0.15) is 64.2 Å². The van der Waals surface area contributed by atoms with Crippen molar-refractivity contribution in [3.63, 3.8) is 0 Å². The van der Waals surface area contributed by atoms with Gasteiger partial charge in [0.15, 0.2) is 0 Å². The van der Waals surface area contributed by atoms with E-state index in [1.165, 1.54) is 0 Å². The fourth-order valence-corrected chi connectivity index (χ4v) is 5.46. The smallest absolute Gasteiger partial charge is 0.379 e. The second-order valence-corrected chi connectivity index (χ2v) is 13.3. The van der Waals surface area contributed by atoms with E-state index in [-0.39, 0.29) is 47.5 Å². The molecule has 1 amide bonds. The average Bonchev–Trinajstić information content (AvgIpc) is 3.66. The molecule has 0 spiro atoms. The number of hydrogen-bond donors (Lipinski definition) is 2. The van der Waals surface area contributed by atoms with Gasteiger partial charge >= 0.3 is 6.18 Å². The number of fused-ring (bicyclic) bond motifs is 1. The van der Waals surface area contributed by atoms with Gasteiger partial charge in [0.1, 0.15) is 12.7 Å². The molecule has 0 saturated carbocycles. The molecule has 0 unspecified atom stereocenters. The summed E-state index contributed by atoms with van der Waals surface area (Å²) in [6, 6.07) is 7.72. The van der Waals surface area contributed by atoms with Crippen LogP contribution in [-0.4, -0.2) is 67.1 Å². The normalized spacial score (nSPS) is 18.6. The highest BCUT2D eigenvalue weighted by Crippen LogP contribution is 2.35. The van der Waals surface area contributed by atoms with Crippen LogP contribution in [0.3, 0.4) is 0 Å². The molecule has 1 aromatic carbocycles. The van der Waals surface area contributed by atoms with E-state index >= 15 is 4.39 Å². The Hall–Kier alpha value is -3.87. The SMILES string of the molecule is CC(C)(C)N1CC[C@@H](Nc2cccc3c2cc(-c2noc(CNC(=O)c4ccn(C(C)(C)C)c4)n2)n3CC(F)(F)F)[C@@H](F)C1. The number of hydrogen-bond acceptors (Lipinski definition) is 6. The third-order valence-corrected chi connectivity index (χ3v) is 7.94. The van der Waals surface area contributed by atoms with Gasteiger partial charge in [-0.15, -0.1) is 0 Å². The van der Waals surface area contributed by atoms with Crippen LogP contribution in [-0.2, 0) is 18.6 Å². The van der Waals surface area contributed by atoms with E-state index in [1.807, 2.05) is 52.3 Å². The average molecular weight is 618 g/mol. The maximum absolute atomic E-state index is 15.3. The number of aromatic nitrogens is 4. The predicted octanol–water partition coefficient (Wildman–Crippen LogP) is 6.36. The zero-order valence-corrected chi connectivity index (χ0v) is 25.8. The third kappa shape index (κ3) is 6.92. The molecule has 0 bridgehead atoms. The number of benzene rings is 1. The lowest BCUT2D eigenvalue weighted by Gasteiger charge is -2.42. The van der Waals surface area contributed by atoms with Crippen LogP contribution in [0.25, 0.3) is 22.4 Å². The van der Waals surface area contributed by atoms with E-state index in [0.29, 0.717) is 35.1 Å². The summed E-state index contributed by atoms with van der Waals surface area (Å²) in [6.07, 6.45) is -1.60. The summed E-state index contributed by atoms with van der Waals surface area (Å²) < 4.78 is 64.8. The molecule has 1 saturated heterocycles. The Kier molecular flexibility index (Phi) is 8.29. The van der Waals surface area contributed by atoms with Crippen LogP contribution in [0, 0.1) is 0 Å². The number of anilines is 1. The Bertz CT molecular complexity index is 1620. The molecular formula is C31H39F4N7O2. The number of carbonyl (C=O) groups excluding carboxylic acids is 1. The molecule has 0 radical (unpaired) electrons. The second-order valence-electron chi connectivity index (χ2n) is 13.3. The minimum absolute atomic E-state index is 0.0386. The van der Waals surface area contributed by atoms with Gasteiger partial charge in [-0.05, 0) is 72.2 Å². The maximum Gasteiger partial charge on any atom is 0.406 e. The Labute approximate surface area is 253 Å². The molecule has 238 valence electrons. The van der Waals surface area contributed by atoms with Crippen molar-refractivity contribution in [3.05, 3.63) is 54.2 Å². The van der Waals surface area contributed by atoms with Crippen molar-refractivity contribution in [1.82, 2.24) is 29.5 Å². The molecule has 44 heavy (non-hydrogen) atoms. The van der Waals surface area contributed by atoms with Gasteiger partial charge < -0.3 is 24.3 Å². The summed E-state index contributed by atoms with van der Waals surface area (Å²) in [6.45, 7) is 11.7.